The lowest BCUT2D eigenvalue weighted by atomic mass is 9.97. The van der Waals surface area contributed by atoms with E-state index in [4.69, 9.17) is 21.3 Å². The van der Waals surface area contributed by atoms with Crippen molar-refractivity contribution >= 4 is 17.5 Å². The van der Waals surface area contributed by atoms with Gasteiger partial charge in [-0.25, -0.2) is 15.0 Å². The summed E-state index contributed by atoms with van der Waals surface area (Å²) >= 11 is 5.97. The third-order valence-electron chi connectivity index (χ3n) is 5.10. The minimum Gasteiger partial charge on any atom is -0.496 e. The summed E-state index contributed by atoms with van der Waals surface area (Å²) in [5.41, 5.74) is 1.37. The number of fused-ring (bicyclic) bond motifs is 1. The SMILES string of the molecule is COc1cc(Cl)ccc1C(=O)NCC1CCCn2c1nc(-c1ccncn1)cc2=O. The molecule has 0 bridgehead atoms. The summed E-state index contributed by atoms with van der Waals surface area (Å²) in [6.07, 6.45) is 4.69. The third-order valence-corrected chi connectivity index (χ3v) is 5.33. The highest BCUT2D eigenvalue weighted by molar-refractivity contribution is 6.30. The molecule has 1 N–H and O–H groups in total. The molecule has 1 unspecified atom stereocenters. The van der Waals surface area contributed by atoms with Gasteiger partial charge in [0.05, 0.1) is 24.1 Å². The maximum Gasteiger partial charge on any atom is 0.255 e. The molecule has 3 heterocycles. The number of hydrogen-bond acceptors (Lipinski definition) is 6. The van der Waals surface area contributed by atoms with E-state index in [1.165, 1.54) is 19.5 Å². The van der Waals surface area contributed by atoms with Gasteiger partial charge in [-0.1, -0.05) is 11.6 Å². The molecule has 1 aliphatic heterocycles. The molecule has 0 radical (unpaired) electrons. The van der Waals surface area contributed by atoms with Crippen molar-refractivity contribution in [2.75, 3.05) is 13.7 Å². The van der Waals surface area contributed by atoms with E-state index in [-0.39, 0.29) is 17.4 Å². The fourth-order valence-corrected chi connectivity index (χ4v) is 3.78. The van der Waals surface area contributed by atoms with Gasteiger partial charge in [0.15, 0.2) is 0 Å². The number of carbonyl (C=O) groups excluding carboxylic acids is 1. The largest absolute Gasteiger partial charge is 0.496 e. The van der Waals surface area contributed by atoms with Crippen LogP contribution in [0.2, 0.25) is 5.02 Å². The van der Waals surface area contributed by atoms with E-state index in [0.29, 0.717) is 46.6 Å². The molecule has 0 saturated heterocycles. The second kappa shape index (κ2) is 8.62. The standard InChI is InChI=1S/C21H20ClN5O3/c1-30-18-9-14(22)4-5-15(18)21(29)24-11-13-3-2-8-27-19(28)10-17(26-20(13)27)16-6-7-23-12-25-16/h4-7,9-10,12-13H,2-3,8,11H2,1H3,(H,24,29). The highest BCUT2D eigenvalue weighted by atomic mass is 35.5. The Morgan fingerprint density at radius 1 is 1.30 bits per heavy atom. The van der Waals surface area contributed by atoms with E-state index in [9.17, 15) is 9.59 Å². The van der Waals surface area contributed by atoms with Crippen LogP contribution >= 0.6 is 11.6 Å². The number of methoxy groups -OCH3 is 1. The number of nitrogens with one attached hydrogen (secondary N) is 1. The molecule has 2 aromatic heterocycles. The maximum atomic E-state index is 12.7. The van der Waals surface area contributed by atoms with Gasteiger partial charge in [0, 0.05) is 36.3 Å². The van der Waals surface area contributed by atoms with Crippen LogP contribution in [-0.2, 0) is 6.54 Å². The van der Waals surface area contributed by atoms with Crippen molar-refractivity contribution < 1.29 is 9.53 Å². The first-order valence-electron chi connectivity index (χ1n) is 9.56. The molecule has 1 atom stereocenters. The van der Waals surface area contributed by atoms with Crippen molar-refractivity contribution in [1.29, 1.82) is 0 Å². The molecule has 8 nitrogen and oxygen atoms in total. The zero-order chi connectivity index (χ0) is 21.1. The molecule has 1 aromatic carbocycles. The molecule has 4 rings (SSSR count). The Morgan fingerprint density at radius 3 is 2.93 bits per heavy atom. The Labute approximate surface area is 177 Å². The quantitative estimate of drug-likeness (QED) is 0.674. The van der Waals surface area contributed by atoms with Gasteiger partial charge in [0.1, 0.15) is 17.9 Å². The van der Waals surface area contributed by atoms with Gasteiger partial charge in [-0.2, -0.15) is 0 Å². The lowest BCUT2D eigenvalue weighted by Crippen LogP contribution is -2.36. The fraction of sp³-hybridized carbons (Fsp3) is 0.286. The lowest BCUT2D eigenvalue weighted by Gasteiger charge is -2.26. The van der Waals surface area contributed by atoms with Gasteiger partial charge in [0.25, 0.3) is 11.5 Å². The van der Waals surface area contributed by atoms with Gasteiger partial charge in [-0.3, -0.25) is 14.2 Å². The van der Waals surface area contributed by atoms with Crippen LogP contribution in [0.1, 0.15) is 34.9 Å². The average molecular weight is 426 g/mol. The summed E-state index contributed by atoms with van der Waals surface area (Å²) in [6, 6.07) is 8.07. The molecule has 30 heavy (non-hydrogen) atoms. The van der Waals surface area contributed by atoms with Crippen LogP contribution in [0, 0.1) is 0 Å². The summed E-state index contributed by atoms with van der Waals surface area (Å²) in [5, 5.41) is 3.43. The zero-order valence-electron chi connectivity index (χ0n) is 16.3. The number of aromatic nitrogens is 4. The summed E-state index contributed by atoms with van der Waals surface area (Å²) in [5.74, 6) is 0.709. The summed E-state index contributed by atoms with van der Waals surface area (Å²) < 4.78 is 6.94. The molecule has 0 aliphatic carbocycles. The monoisotopic (exact) mass is 425 g/mol. The van der Waals surface area contributed by atoms with Crippen molar-refractivity contribution in [3.63, 3.8) is 0 Å². The summed E-state index contributed by atoms with van der Waals surface area (Å²) in [6.45, 7) is 0.963. The molecular weight excluding hydrogens is 406 g/mol. The highest BCUT2D eigenvalue weighted by Gasteiger charge is 2.25. The molecule has 0 spiro atoms. The van der Waals surface area contributed by atoms with E-state index in [1.807, 2.05) is 0 Å². The smallest absolute Gasteiger partial charge is 0.255 e. The lowest BCUT2D eigenvalue weighted by molar-refractivity contribution is 0.0946. The van der Waals surface area contributed by atoms with E-state index in [2.05, 4.69) is 15.3 Å². The first-order valence-corrected chi connectivity index (χ1v) is 9.94. The van der Waals surface area contributed by atoms with E-state index < -0.39 is 0 Å². The number of halogens is 1. The number of carbonyl (C=O) groups is 1. The third kappa shape index (κ3) is 4.04. The topological polar surface area (TPSA) is 99.0 Å². The molecule has 1 amide bonds. The number of amides is 1. The Hall–Kier alpha value is -3.26. The van der Waals surface area contributed by atoms with Crippen LogP contribution in [0.15, 0.2) is 47.7 Å². The predicted octanol–water partition coefficient (Wildman–Crippen LogP) is 2.67. The number of ether oxygens (including phenoxy) is 1. The molecule has 0 saturated carbocycles. The van der Waals surface area contributed by atoms with Crippen LogP contribution in [0.4, 0.5) is 0 Å². The fourth-order valence-electron chi connectivity index (χ4n) is 3.62. The van der Waals surface area contributed by atoms with Gasteiger partial charge >= 0.3 is 0 Å². The minimum atomic E-state index is -0.269. The van der Waals surface area contributed by atoms with Crippen LogP contribution in [0.5, 0.6) is 5.75 Å². The Morgan fingerprint density at radius 2 is 2.17 bits per heavy atom. The van der Waals surface area contributed by atoms with Crippen molar-refractivity contribution in [1.82, 2.24) is 24.8 Å². The molecule has 9 heteroatoms. The predicted molar refractivity (Wildman–Crippen MR) is 112 cm³/mol. The molecule has 3 aromatic rings. The summed E-state index contributed by atoms with van der Waals surface area (Å²) in [4.78, 5) is 38.1. The maximum absolute atomic E-state index is 12.7. The van der Waals surface area contributed by atoms with Crippen molar-refractivity contribution in [2.45, 2.75) is 25.3 Å². The Bertz CT molecular complexity index is 1130. The second-order valence-electron chi connectivity index (χ2n) is 6.98. The van der Waals surface area contributed by atoms with Gasteiger partial charge in [-0.15, -0.1) is 0 Å². The van der Waals surface area contributed by atoms with Crippen LogP contribution in [0.3, 0.4) is 0 Å². The first kappa shape index (κ1) is 20.0. The molecule has 154 valence electrons. The number of benzene rings is 1. The Balaban J connectivity index is 1.58. The minimum absolute atomic E-state index is 0.0875. The van der Waals surface area contributed by atoms with Crippen molar-refractivity contribution in [3.8, 4) is 17.1 Å². The zero-order valence-corrected chi connectivity index (χ0v) is 17.1. The number of hydrogen-bond donors (Lipinski definition) is 1. The van der Waals surface area contributed by atoms with Gasteiger partial charge in [0.2, 0.25) is 0 Å². The molecule has 1 aliphatic rings. The van der Waals surface area contributed by atoms with E-state index >= 15 is 0 Å². The van der Waals surface area contributed by atoms with Crippen LogP contribution in [0.25, 0.3) is 11.4 Å². The number of rotatable bonds is 5. The van der Waals surface area contributed by atoms with E-state index in [0.717, 1.165) is 12.8 Å². The molecular formula is C21H20ClN5O3. The van der Waals surface area contributed by atoms with Gasteiger partial charge in [-0.05, 0) is 37.1 Å². The van der Waals surface area contributed by atoms with Crippen LogP contribution < -0.4 is 15.6 Å². The second-order valence-corrected chi connectivity index (χ2v) is 7.41. The van der Waals surface area contributed by atoms with Gasteiger partial charge < -0.3 is 10.1 Å². The van der Waals surface area contributed by atoms with Crippen molar-refractivity contribution in [2.24, 2.45) is 0 Å². The first-order chi connectivity index (χ1) is 14.6. The molecule has 0 fully saturated rings. The van der Waals surface area contributed by atoms with E-state index in [1.54, 1.807) is 35.0 Å². The number of nitrogens with zero attached hydrogens (tertiary/aromatic N) is 4. The summed E-state index contributed by atoms with van der Waals surface area (Å²) in [7, 11) is 1.49. The Kier molecular flexibility index (Phi) is 5.76. The van der Waals surface area contributed by atoms with Crippen LogP contribution in [-0.4, -0.2) is 39.1 Å². The average Bonchev–Trinajstić information content (AvgIpc) is 2.78. The van der Waals surface area contributed by atoms with Crippen molar-refractivity contribution in [3.05, 3.63) is 69.6 Å². The highest BCUT2D eigenvalue weighted by Crippen LogP contribution is 2.27. The normalized spacial score (nSPS) is 15.3.